The van der Waals surface area contributed by atoms with E-state index < -0.39 is 28.5 Å². The normalized spacial score (nSPS) is 12.3. The van der Waals surface area contributed by atoms with Gasteiger partial charge in [0.15, 0.2) is 0 Å². The number of benzene rings is 2. The number of nitrogens with one attached hydrogen (secondary N) is 1. The summed E-state index contributed by atoms with van der Waals surface area (Å²) in [6.45, 7) is 5.87. The molecule has 0 aliphatic heterocycles. The van der Waals surface area contributed by atoms with Crippen LogP contribution in [0.1, 0.15) is 26.3 Å². The molecule has 180 valence electrons. The lowest BCUT2D eigenvalue weighted by atomic mass is 10.1. The SMILES string of the molecule is CC(C)CNC(=O)C(C)N(Cc1cccc(Br)c1)C(=O)CN(c1ccc(I)cc1)S(C)(=O)=O. The Morgan fingerprint density at radius 2 is 1.73 bits per heavy atom. The molecule has 0 saturated carbocycles. The summed E-state index contributed by atoms with van der Waals surface area (Å²) in [5, 5.41) is 2.86. The van der Waals surface area contributed by atoms with Gasteiger partial charge in [0.25, 0.3) is 0 Å². The highest BCUT2D eigenvalue weighted by Crippen LogP contribution is 2.21. The van der Waals surface area contributed by atoms with Crippen LogP contribution in [0.15, 0.2) is 53.0 Å². The van der Waals surface area contributed by atoms with Gasteiger partial charge < -0.3 is 10.2 Å². The second-order valence-corrected chi connectivity index (χ2v) is 12.3. The van der Waals surface area contributed by atoms with E-state index in [2.05, 4.69) is 43.8 Å². The molecule has 0 fully saturated rings. The lowest BCUT2D eigenvalue weighted by Gasteiger charge is -2.31. The Kier molecular flexibility index (Phi) is 10.2. The van der Waals surface area contributed by atoms with Crippen molar-refractivity contribution in [2.45, 2.75) is 33.4 Å². The minimum Gasteiger partial charge on any atom is -0.354 e. The predicted octanol–water partition coefficient (Wildman–Crippen LogP) is 4.01. The van der Waals surface area contributed by atoms with Crippen LogP contribution >= 0.6 is 38.5 Å². The summed E-state index contributed by atoms with van der Waals surface area (Å²) in [6, 6.07) is 13.5. The molecule has 1 N–H and O–H groups in total. The van der Waals surface area contributed by atoms with Crippen LogP contribution in [0.3, 0.4) is 0 Å². The van der Waals surface area contributed by atoms with Crippen molar-refractivity contribution in [2.24, 2.45) is 5.92 Å². The second-order valence-electron chi connectivity index (χ2n) is 8.21. The topological polar surface area (TPSA) is 86.8 Å². The van der Waals surface area contributed by atoms with E-state index in [4.69, 9.17) is 0 Å². The van der Waals surface area contributed by atoms with Gasteiger partial charge in [-0.15, -0.1) is 0 Å². The van der Waals surface area contributed by atoms with E-state index in [1.165, 1.54) is 4.90 Å². The first kappa shape index (κ1) is 27.6. The summed E-state index contributed by atoms with van der Waals surface area (Å²) >= 11 is 5.56. The molecule has 0 heterocycles. The fourth-order valence-corrected chi connectivity index (χ4v) is 4.74. The third-order valence-corrected chi connectivity index (χ3v) is 7.24. The summed E-state index contributed by atoms with van der Waals surface area (Å²) in [7, 11) is -3.73. The average molecular weight is 650 g/mol. The fraction of sp³-hybridized carbons (Fsp3) is 0.391. The lowest BCUT2D eigenvalue weighted by molar-refractivity contribution is -0.139. The van der Waals surface area contributed by atoms with Crippen LogP contribution in [0.5, 0.6) is 0 Å². The number of hydrogen-bond donors (Lipinski definition) is 1. The van der Waals surface area contributed by atoms with Gasteiger partial charge in [-0.25, -0.2) is 8.42 Å². The number of carbonyl (C=O) groups is 2. The molecule has 1 unspecified atom stereocenters. The van der Waals surface area contributed by atoms with Gasteiger partial charge in [0.1, 0.15) is 12.6 Å². The van der Waals surface area contributed by atoms with Crippen molar-refractivity contribution >= 4 is 66.0 Å². The largest absolute Gasteiger partial charge is 0.354 e. The molecule has 0 aliphatic rings. The van der Waals surface area contributed by atoms with Crippen LogP contribution in [-0.2, 0) is 26.2 Å². The number of sulfonamides is 1. The number of anilines is 1. The van der Waals surface area contributed by atoms with E-state index >= 15 is 0 Å². The van der Waals surface area contributed by atoms with Gasteiger partial charge in [0, 0.05) is 21.1 Å². The zero-order valence-corrected chi connectivity index (χ0v) is 23.6. The Morgan fingerprint density at radius 1 is 1.09 bits per heavy atom. The first-order valence-electron chi connectivity index (χ1n) is 10.4. The van der Waals surface area contributed by atoms with Crippen LogP contribution in [0.2, 0.25) is 0 Å². The Hall–Kier alpha value is -1.66. The van der Waals surface area contributed by atoms with Crippen molar-refractivity contribution < 1.29 is 18.0 Å². The molecule has 2 rings (SSSR count). The third kappa shape index (κ3) is 8.56. The molecule has 1 atom stereocenters. The first-order chi connectivity index (χ1) is 15.4. The average Bonchev–Trinajstić information content (AvgIpc) is 2.73. The molecule has 33 heavy (non-hydrogen) atoms. The number of nitrogens with zero attached hydrogens (tertiary/aromatic N) is 2. The van der Waals surface area contributed by atoms with Crippen LogP contribution in [-0.4, -0.2) is 50.5 Å². The maximum Gasteiger partial charge on any atom is 0.244 e. The van der Waals surface area contributed by atoms with Crippen molar-refractivity contribution in [3.63, 3.8) is 0 Å². The smallest absolute Gasteiger partial charge is 0.244 e. The minimum absolute atomic E-state index is 0.166. The van der Waals surface area contributed by atoms with Gasteiger partial charge in [-0.1, -0.05) is 41.9 Å². The van der Waals surface area contributed by atoms with Crippen LogP contribution in [0, 0.1) is 9.49 Å². The van der Waals surface area contributed by atoms with E-state index in [0.29, 0.717) is 12.2 Å². The molecule has 0 bridgehead atoms. The molecule has 0 aromatic heterocycles. The maximum atomic E-state index is 13.4. The standard InChI is InChI=1S/C23H29BrIN3O4S/c1-16(2)13-26-23(30)17(3)27(14-18-6-5-7-19(24)12-18)22(29)15-28(33(4,31)32)21-10-8-20(25)9-11-21/h5-12,16-17H,13-15H2,1-4H3,(H,26,30). The Morgan fingerprint density at radius 3 is 2.27 bits per heavy atom. The molecule has 2 aromatic rings. The number of rotatable bonds is 10. The second kappa shape index (κ2) is 12.2. The van der Waals surface area contributed by atoms with Gasteiger partial charge >= 0.3 is 0 Å². The summed E-state index contributed by atoms with van der Waals surface area (Å²) in [5.74, 6) is -0.490. The van der Waals surface area contributed by atoms with Crippen molar-refractivity contribution in [2.75, 3.05) is 23.7 Å². The van der Waals surface area contributed by atoms with E-state index in [9.17, 15) is 18.0 Å². The maximum absolute atomic E-state index is 13.4. The molecule has 0 saturated heterocycles. The molecule has 2 aromatic carbocycles. The minimum atomic E-state index is -3.73. The van der Waals surface area contributed by atoms with Gasteiger partial charge in [-0.2, -0.15) is 0 Å². The number of halogens is 2. The monoisotopic (exact) mass is 649 g/mol. The van der Waals surface area contributed by atoms with Crippen molar-refractivity contribution in [3.05, 3.63) is 62.1 Å². The van der Waals surface area contributed by atoms with E-state index in [0.717, 1.165) is 24.2 Å². The molecule has 7 nitrogen and oxygen atoms in total. The van der Waals surface area contributed by atoms with Gasteiger partial charge in [-0.3, -0.25) is 13.9 Å². The summed E-state index contributed by atoms with van der Waals surface area (Å²) < 4.78 is 27.9. The summed E-state index contributed by atoms with van der Waals surface area (Å²) in [5.41, 5.74) is 1.21. The fourth-order valence-electron chi connectivity index (χ4n) is 3.09. The van der Waals surface area contributed by atoms with E-state index in [-0.39, 0.29) is 18.4 Å². The Bertz CT molecular complexity index is 1080. The van der Waals surface area contributed by atoms with Crippen LogP contribution < -0.4 is 9.62 Å². The lowest BCUT2D eigenvalue weighted by Crippen LogP contribution is -2.51. The number of hydrogen-bond acceptors (Lipinski definition) is 4. The predicted molar refractivity (Wildman–Crippen MR) is 143 cm³/mol. The number of carbonyl (C=O) groups excluding carboxylic acids is 2. The molecule has 0 radical (unpaired) electrons. The van der Waals surface area contributed by atoms with Crippen molar-refractivity contribution in [3.8, 4) is 0 Å². The molecule has 2 amide bonds. The Labute approximate surface area is 218 Å². The van der Waals surface area contributed by atoms with Gasteiger partial charge in [0.05, 0.1) is 11.9 Å². The van der Waals surface area contributed by atoms with Gasteiger partial charge in [0.2, 0.25) is 21.8 Å². The van der Waals surface area contributed by atoms with Gasteiger partial charge in [-0.05, 0) is 77.4 Å². The molecular formula is C23H29BrIN3O4S. The molecule has 0 aliphatic carbocycles. The summed E-state index contributed by atoms with van der Waals surface area (Å²) in [6.07, 6.45) is 1.07. The summed E-state index contributed by atoms with van der Waals surface area (Å²) in [4.78, 5) is 27.7. The van der Waals surface area contributed by atoms with Crippen molar-refractivity contribution in [1.82, 2.24) is 10.2 Å². The molecular weight excluding hydrogens is 621 g/mol. The van der Waals surface area contributed by atoms with E-state index in [1.54, 1.807) is 31.2 Å². The zero-order valence-electron chi connectivity index (χ0n) is 19.1. The van der Waals surface area contributed by atoms with Crippen LogP contribution in [0.4, 0.5) is 5.69 Å². The molecule has 0 spiro atoms. The highest BCUT2D eigenvalue weighted by Gasteiger charge is 2.30. The highest BCUT2D eigenvalue weighted by molar-refractivity contribution is 14.1. The van der Waals surface area contributed by atoms with Crippen LogP contribution in [0.25, 0.3) is 0 Å². The van der Waals surface area contributed by atoms with E-state index in [1.807, 2.05) is 38.1 Å². The third-order valence-electron chi connectivity index (χ3n) is 4.89. The highest BCUT2D eigenvalue weighted by atomic mass is 127. The van der Waals surface area contributed by atoms with Crippen molar-refractivity contribution in [1.29, 1.82) is 0 Å². The first-order valence-corrected chi connectivity index (χ1v) is 14.2. The number of amides is 2. The quantitative estimate of drug-likeness (QED) is 0.394. The Balaban J connectivity index is 2.35. The zero-order chi connectivity index (χ0) is 24.8. The molecule has 10 heteroatoms.